The third-order valence-corrected chi connectivity index (χ3v) is 5.40. The lowest BCUT2D eigenvalue weighted by Gasteiger charge is -2.09. The summed E-state index contributed by atoms with van der Waals surface area (Å²) in [5, 5.41) is 2.79. The number of anilines is 1. The van der Waals surface area contributed by atoms with E-state index in [0.29, 0.717) is 22.5 Å². The second kappa shape index (κ2) is 8.43. The average molecular weight is 396 g/mol. The first-order valence-corrected chi connectivity index (χ1v) is 10.4. The van der Waals surface area contributed by atoms with Gasteiger partial charge >= 0.3 is 5.97 Å². The second-order valence-electron chi connectivity index (χ2n) is 5.66. The summed E-state index contributed by atoms with van der Waals surface area (Å²) < 4.78 is 29.2. The van der Waals surface area contributed by atoms with Gasteiger partial charge in [0.15, 0.2) is 0 Å². The first-order valence-electron chi connectivity index (χ1n) is 7.73. The van der Waals surface area contributed by atoms with Gasteiger partial charge < -0.3 is 10.1 Å². The maximum Gasteiger partial charge on any atom is 0.337 e. The van der Waals surface area contributed by atoms with Crippen LogP contribution >= 0.6 is 11.3 Å². The van der Waals surface area contributed by atoms with Crippen LogP contribution in [0.5, 0.6) is 0 Å². The van der Waals surface area contributed by atoms with E-state index >= 15 is 0 Å². The standard InChI is InChI=1S/C17H20N2O5S2/c1-11-4-5-12(17(21)24-2)10-14(11)19-16(20)15-7-6-13(25-15)8-9-18-26(3,22)23/h4-7,10,18H,8-9H2,1-3H3,(H,19,20). The molecular formula is C17H20N2O5S2. The molecule has 1 heterocycles. The van der Waals surface area contributed by atoms with E-state index in [0.717, 1.165) is 16.7 Å². The number of rotatable bonds is 7. The van der Waals surface area contributed by atoms with Crippen molar-refractivity contribution < 1.29 is 22.7 Å². The number of thiophene rings is 1. The molecule has 9 heteroatoms. The first kappa shape index (κ1) is 20.1. The van der Waals surface area contributed by atoms with Gasteiger partial charge in [-0.05, 0) is 43.2 Å². The molecule has 0 saturated carbocycles. The van der Waals surface area contributed by atoms with Crippen molar-refractivity contribution in [1.82, 2.24) is 4.72 Å². The molecule has 1 amide bonds. The second-order valence-corrected chi connectivity index (χ2v) is 8.66. The first-order chi connectivity index (χ1) is 12.2. The molecule has 0 aliphatic heterocycles. The fraction of sp³-hybridized carbons (Fsp3) is 0.294. The Balaban J connectivity index is 2.05. The molecule has 7 nitrogen and oxygen atoms in total. The Morgan fingerprint density at radius 2 is 1.92 bits per heavy atom. The summed E-state index contributed by atoms with van der Waals surface area (Å²) in [6.45, 7) is 2.11. The Hall–Kier alpha value is -2.23. The van der Waals surface area contributed by atoms with E-state index in [4.69, 9.17) is 0 Å². The maximum atomic E-state index is 12.4. The van der Waals surface area contributed by atoms with Gasteiger partial charge in [0.05, 0.1) is 23.8 Å². The van der Waals surface area contributed by atoms with Crippen molar-refractivity contribution >= 4 is 38.9 Å². The van der Waals surface area contributed by atoms with Gasteiger partial charge in [0.25, 0.3) is 5.91 Å². The van der Waals surface area contributed by atoms with Crippen molar-refractivity contribution in [3.05, 3.63) is 51.2 Å². The summed E-state index contributed by atoms with van der Waals surface area (Å²) in [6, 6.07) is 8.42. The molecule has 1 aromatic heterocycles. The lowest BCUT2D eigenvalue weighted by atomic mass is 10.1. The van der Waals surface area contributed by atoms with Crippen molar-refractivity contribution in [3.8, 4) is 0 Å². The molecule has 0 atom stereocenters. The Morgan fingerprint density at radius 1 is 1.19 bits per heavy atom. The Morgan fingerprint density at radius 3 is 2.58 bits per heavy atom. The Bertz CT molecular complexity index is 919. The normalized spacial score (nSPS) is 11.2. The average Bonchev–Trinajstić information content (AvgIpc) is 3.04. The van der Waals surface area contributed by atoms with Gasteiger partial charge in [-0.3, -0.25) is 4.79 Å². The monoisotopic (exact) mass is 396 g/mol. The minimum Gasteiger partial charge on any atom is -0.465 e. The summed E-state index contributed by atoms with van der Waals surface area (Å²) in [4.78, 5) is 25.5. The number of carbonyl (C=O) groups excluding carboxylic acids is 2. The highest BCUT2D eigenvalue weighted by Gasteiger charge is 2.13. The van der Waals surface area contributed by atoms with Gasteiger partial charge in [0.2, 0.25) is 10.0 Å². The SMILES string of the molecule is COC(=O)c1ccc(C)c(NC(=O)c2ccc(CCNS(C)(=O)=O)s2)c1. The molecule has 26 heavy (non-hydrogen) atoms. The Labute approximate surface area is 156 Å². The van der Waals surface area contributed by atoms with E-state index in [9.17, 15) is 18.0 Å². The van der Waals surface area contributed by atoms with Gasteiger partial charge in [0.1, 0.15) is 0 Å². The van der Waals surface area contributed by atoms with Crippen LogP contribution in [0.2, 0.25) is 0 Å². The minimum absolute atomic E-state index is 0.278. The van der Waals surface area contributed by atoms with Crippen LogP contribution in [0.25, 0.3) is 0 Å². The zero-order chi connectivity index (χ0) is 19.3. The van der Waals surface area contributed by atoms with Crippen molar-refractivity contribution in [1.29, 1.82) is 0 Å². The molecule has 140 valence electrons. The van der Waals surface area contributed by atoms with E-state index in [-0.39, 0.29) is 12.5 Å². The maximum absolute atomic E-state index is 12.4. The number of amides is 1. The summed E-state index contributed by atoms with van der Waals surface area (Å²) in [7, 11) is -1.93. The molecule has 0 saturated heterocycles. The van der Waals surface area contributed by atoms with Crippen LogP contribution in [0.4, 0.5) is 5.69 Å². The number of nitrogens with one attached hydrogen (secondary N) is 2. The van der Waals surface area contributed by atoms with E-state index < -0.39 is 16.0 Å². The van der Waals surface area contributed by atoms with Crippen molar-refractivity contribution in [2.45, 2.75) is 13.3 Å². The summed E-state index contributed by atoms with van der Waals surface area (Å²) in [5.74, 6) is -0.764. The van der Waals surface area contributed by atoms with Gasteiger partial charge in [-0.25, -0.2) is 17.9 Å². The van der Waals surface area contributed by atoms with Crippen LogP contribution in [-0.4, -0.2) is 40.2 Å². The Kier molecular flexibility index (Phi) is 6.52. The number of hydrogen-bond acceptors (Lipinski definition) is 6. The molecule has 0 aliphatic rings. The molecule has 0 radical (unpaired) electrons. The summed E-state index contributed by atoms with van der Waals surface area (Å²) in [5.41, 5.74) is 1.71. The number of hydrogen-bond donors (Lipinski definition) is 2. The summed E-state index contributed by atoms with van der Waals surface area (Å²) in [6.07, 6.45) is 1.60. The molecular weight excluding hydrogens is 376 g/mol. The van der Waals surface area contributed by atoms with Crippen molar-refractivity contribution in [3.63, 3.8) is 0 Å². The van der Waals surface area contributed by atoms with E-state index in [1.807, 2.05) is 6.92 Å². The lowest BCUT2D eigenvalue weighted by Crippen LogP contribution is -2.24. The number of methoxy groups -OCH3 is 1. The van der Waals surface area contributed by atoms with E-state index in [2.05, 4.69) is 14.8 Å². The number of ether oxygens (including phenoxy) is 1. The number of aryl methyl sites for hydroxylation is 1. The van der Waals surface area contributed by atoms with E-state index in [1.54, 1.807) is 30.3 Å². The zero-order valence-corrected chi connectivity index (χ0v) is 16.3. The van der Waals surface area contributed by atoms with E-state index in [1.165, 1.54) is 18.4 Å². The van der Waals surface area contributed by atoms with Crippen LogP contribution in [0.3, 0.4) is 0 Å². The highest BCUT2D eigenvalue weighted by atomic mass is 32.2. The minimum atomic E-state index is -3.23. The molecule has 0 fully saturated rings. The molecule has 2 rings (SSSR count). The molecule has 1 aromatic carbocycles. The van der Waals surface area contributed by atoms with Crippen molar-refractivity contribution in [2.24, 2.45) is 0 Å². The largest absolute Gasteiger partial charge is 0.465 e. The zero-order valence-electron chi connectivity index (χ0n) is 14.7. The highest BCUT2D eigenvalue weighted by Crippen LogP contribution is 2.22. The smallest absolute Gasteiger partial charge is 0.337 e. The van der Waals surface area contributed by atoms with Crippen LogP contribution in [0.15, 0.2) is 30.3 Å². The van der Waals surface area contributed by atoms with Gasteiger partial charge in [-0.1, -0.05) is 6.07 Å². The third kappa shape index (κ3) is 5.65. The predicted molar refractivity (Wildman–Crippen MR) is 101 cm³/mol. The quantitative estimate of drug-likeness (QED) is 0.699. The molecule has 0 spiro atoms. The molecule has 0 aliphatic carbocycles. The van der Waals surface area contributed by atoms with Crippen LogP contribution in [0, 0.1) is 6.92 Å². The fourth-order valence-corrected chi connectivity index (χ4v) is 3.55. The van der Waals surface area contributed by atoms with Crippen LogP contribution < -0.4 is 10.0 Å². The molecule has 2 N–H and O–H groups in total. The van der Waals surface area contributed by atoms with Gasteiger partial charge in [-0.2, -0.15) is 0 Å². The molecule has 0 bridgehead atoms. The van der Waals surface area contributed by atoms with Gasteiger partial charge in [-0.15, -0.1) is 11.3 Å². The summed E-state index contributed by atoms with van der Waals surface area (Å²) >= 11 is 1.29. The van der Waals surface area contributed by atoms with Crippen molar-refractivity contribution in [2.75, 3.05) is 25.2 Å². The topological polar surface area (TPSA) is 102 Å². The number of benzene rings is 1. The van der Waals surface area contributed by atoms with Gasteiger partial charge in [0, 0.05) is 17.1 Å². The van der Waals surface area contributed by atoms with Crippen LogP contribution in [0.1, 0.15) is 30.5 Å². The lowest BCUT2D eigenvalue weighted by molar-refractivity contribution is 0.0600. The van der Waals surface area contributed by atoms with Crippen LogP contribution in [-0.2, 0) is 21.2 Å². The number of esters is 1. The number of sulfonamides is 1. The fourth-order valence-electron chi connectivity index (χ4n) is 2.18. The molecule has 2 aromatic rings. The predicted octanol–water partition coefficient (Wildman–Crippen LogP) is 2.19. The highest BCUT2D eigenvalue weighted by molar-refractivity contribution is 7.88. The molecule has 0 unspecified atom stereocenters. The third-order valence-electron chi connectivity index (χ3n) is 3.53. The number of carbonyl (C=O) groups is 2.